The molecule has 0 bridgehead atoms. The van der Waals surface area contributed by atoms with Gasteiger partial charge in [0.25, 0.3) is 0 Å². The van der Waals surface area contributed by atoms with Gasteiger partial charge in [-0.05, 0) is 51.7 Å². The molecule has 5 nitrogen and oxygen atoms in total. The molecule has 2 aromatic rings. The molecule has 2 fully saturated rings. The number of nitrogens with zero attached hydrogens (tertiary/aromatic N) is 3. The molecular weight excluding hydrogens is 326 g/mol. The van der Waals surface area contributed by atoms with Gasteiger partial charge in [-0.2, -0.15) is 5.10 Å². The first-order valence-electron chi connectivity index (χ1n) is 9.68. The summed E-state index contributed by atoms with van der Waals surface area (Å²) in [5, 5.41) is 4.74. The Morgan fingerprint density at radius 1 is 1.12 bits per heavy atom. The highest BCUT2D eigenvalue weighted by molar-refractivity contribution is 5.80. The zero-order valence-corrected chi connectivity index (χ0v) is 15.6. The molecule has 0 aliphatic carbocycles. The Hall–Kier alpha value is -2.14. The maximum absolute atomic E-state index is 13.1. The molecule has 4 rings (SSSR count). The minimum Gasteiger partial charge on any atom is -0.373 e. The first-order valence-corrected chi connectivity index (χ1v) is 9.68. The van der Waals surface area contributed by atoms with E-state index < -0.39 is 0 Å². The number of carbonyl (C=O) groups is 1. The number of rotatable bonds is 3. The minimum atomic E-state index is -0.179. The molecule has 5 heteroatoms. The fourth-order valence-corrected chi connectivity index (χ4v) is 4.36. The lowest BCUT2D eigenvalue weighted by Gasteiger charge is -2.30. The van der Waals surface area contributed by atoms with Crippen molar-refractivity contribution in [3.63, 3.8) is 0 Å². The Labute approximate surface area is 154 Å². The SMILES string of the molecule is Cc1nn(-c2ccccc2)c(C)c1[C@H]1OCC[C@@H]1C(=O)N1CCCCC1. The van der Waals surface area contributed by atoms with Crippen LogP contribution in [0, 0.1) is 19.8 Å². The van der Waals surface area contributed by atoms with Crippen LogP contribution in [0.25, 0.3) is 5.69 Å². The van der Waals surface area contributed by atoms with E-state index in [1.54, 1.807) is 0 Å². The Balaban J connectivity index is 1.64. The van der Waals surface area contributed by atoms with E-state index in [-0.39, 0.29) is 17.9 Å². The van der Waals surface area contributed by atoms with Crippen LogP contribution in [0.2, 0.25) is 0 Å². The quantitative estimate of drug-likeness (QED) is 0.847. The minimum absolute atomic E-state index is 0.0843. The van der Waals surface area contributed by atoms with Gasteiger partial charge < -0.3 is 9.64 Å². The predicted molar refractivity (Wildman–Crippen MR) is 100 cm³/mol. The zero-order chi connectivity index (χ0) is 18.1. The molecule has 1 aromatic carbocycles. The van der Waals surface area contributed by atoms with Gasteiger partial charge in [-0.3, -0.25) is 4.79 Å². The second-order valence-electron chi connectivity index (χ2n) is 7.40. The summed E-state index contributed by atoms with van der Waals surface area (Å²) in [7, 11) is 0. The molecule has 0 radical (unpaired) electrons. The highest BCUT2D eigenvalue weighted by Crippen LogP contribution is 2.39. The van der Waals surface area contributed by atoms with Gasteiger partial charge >= 0.3 is 0 Å². The van der Waals surface area contributed by atoms with Crippen LogP contribution in [0.5, 0.6) is 0 Å². The molecule has 0 unspecified atom stereocenters. The maximum Gasteiger partial charge on any atom is 0.228 e. The van der Waals surface area contributed by atoms with Crippen molar-refractivity contribution in [3.05, 3.63) is 47.3 Å². The number of benzene rings is 1. The van der Waals surface area contributed by atoms with Crippen molar-refractivity contribution in [2.24, 2.45) is 5.92 Å². The summed E-state index contributed by atoms with van der Waals surface area (Å²) in [4.78, 5) is 15.1. The smallest absolute Gasteiger partial charge is 0.228 e. The Kier molecular flexibility index (Phi) is 4.81. The number of carbonyl (C=O) groups excluding carboxylic acids is 1. The van der Waals surface area contributed by atoms with Crippen LogP contribution < -0.4 is 0 Å². The number of aryl methyl sites for hydroxylation is 1. The van der Waals surface area contributed by atoms with E-state index in [4.69, 9.17) is 9.84 Å². The molecule has 1 aromatic heterocycles. The topological polar surface area (TPSA) is 47.4 Å². The number of aromatic nitrogens is 2. The molecule has 2 atom stereocenters. The summed E-state index contributed by atoms with van der Waals surface area (Å²) < 4.78 is 8.04. The number of piperidine rings is 1. The maximum atomic E-state index is 13.1. The van der Waals surface area contributed by atoms with Gasteiger partial charge in [-0.15, -0.1) is 0 Å². The first-order chi connectivity index (χ1) is 12.7. The van der Waals surface area contributed by atoms with E-state index in [2.05, 4.69) is 19.1 Å². The molecule has 26 heavy (non-hydrogen) atoms. The van der Waals surface area contributed by atoms with Crippen molar-refractivity contribution in [2.75, 3.05) is 19.7 Å². The Morgan fingerprint density at radius 3 is 2.58 bits per heavy atom. The molecule has 2 aliphatic rings. The molecular formula is C21H27N3O2. The fourth-order valence-electron chi connectivity index (χ4n) is 4.36. The number of hydrogen-bond donors (Lipinski definition) is 0. The van der Waals surface area contributed by atoms with Crippen LogP contribution in [0.15, 0.2) is 30.3 Å². The second kappa shape index (κ2) is 7.23. The molecule has 2 aliphatic heterocycles. The van der Waals surface area contributed by atoms with E-state index in [0.29, 0.717) is 6.61 Å². The normalized spacial score (nSPS) is 23.4. The van der Waals surface area contributed by atoms with Gasteiger partial charge in [-0.1, -0.05) is 18.2 Å². The zero-order valence-electron chi connectivity index (χ0n) is 15.6. The highest BCUT2D eigenvalue weighted by Gasteiger charge is 2.40. The van der Waals surface area contributed by atoms with Crippen molar-refractivity contribution < 1.29 is 9.53 Å². The van der Waals surface area contributed by atoms with Gasteiger partial charge in [0.15, 0.2) is 0 Å². The molecule has 2 saturated heterocycles. The largest absolute Gasteiger partial charge is 0.373 e. The van der Waals surface area contributed by atoms with Gasteiger partial charge in [0.05, 0.1) is 23.4 Å². The highest BCUT2D eigenvalue weighted by atomic mass is 16.5. The summed E-state index contributed by atoms with van der Waals surface area (Å²) in [6, 6.07) is 10.1. The lowest BCUT2D eigenvalue weighted by Crippen LogP contribution is -2.40. The number of hydrogen-bond acceptors (Lipinski definition) is 3. The lowest BCUT2D eigenvalue weighted by atomic mass is 9.92. The number of amides is 1. The summed E-state index contributed by atoms with van der Waals surface area (Å²) in [6.45, 7) is 6.52. The van der Waals surface area contributed by atoms with E-state index >= 15 is 0 Å². The van der Waals surface area contributed by atoms with E-state index in [1.807, 2.05) is 34.7 Å². The fraction of sp³-hybridized carbons (Fsp3) is 0.524. The number of para-hydroxylation sites is 1. The van der Waals surface area contributed by atoms with Gasteiger partial charge in [0.2, 0.25) is 5.91 Å². The first kappa shape index (κ1) is 17.3. The summed E-state index contributed by atoms with van der Waals surface area (Å²) in [5.41, 5.74) is 4.14. The van der Waals surface area contributed by atoms with Gasteiger partial charge in [0, 0.05) is 31.0 Å². The summed E-state index contributed by atoms with van der Waals surface area (Å²) >= 11 is 0. The summed E-state index contributed by atoms with van der Waals surface area (Å²) in [6.07, 6.45) is 4.09. The molecule has 0 saturated carbocycles. The van der Waals surface area contributed by atoms with Crippen molar-refractivity contribution >= 4 is 5.91 Å². The average molecular weight is 353 g/mol. The van der Waals surface area contributed by atoms with E-state index in [1.165, 1.54) is 6.42 Å². The van der Waals surface area contributed by atoms with Crippen LogP contribution in [-0.2, 0) is 9.53 Å². The third-order valence-electron chi connectivity index (χ3n) is 5.71. The van der Waals surface area contributed by atoms with Crippen molar-refractivity contribution in [1.29, 1.82) is 0 Å². The lowest BCUT2D eigenvalue weighted by molar-refractivity contribution is -0.138. The van der Waals surface area contributed by atoms with Crippen LogP contribution in [0.4, 0.5) is 0 Å². The Morgan fingerprint density at radius 2 is 1.85 bits per heavy atom. The van der Waals surface area contributed by atoms with Crippen molar-refractivity contribution in [3.8, 4) is 5.69 Å². The standard InChI is InChI=1S/C21H27N3O2/c1-15-19(16(2)24(22-15)17-9-5-3-6-10-17)20-18(11-14-26-20)21(25)23-12-7-4-8-13-23/h3,5-6,9-10,18,20H,4,7-8,11-14H2,1-2H3/t18-,20-/m0/s1. The van der Waals surface area contributed by atoms with Gasteiger partial charge in [0.1, 0.15) is 0 Å². The van der Waals surface area contributed by atoms with E-state index in [0.717, 1.165) is 55.0 Å². The predicted octanol–water partition coefficient (Wildman–Crippen LogP) is 3.58. The van der Waals surface area contributed by atoms with Crippen molar-refractivity contribution in [1.82, 2.24) is 14.7 Å². The average Bonchev–Trinajstić information content (AvgIpc) is 3.26. The summed E-state index contributed by atoms with van der Waals surface area (Å²) in [5.74, 6) is 0.178. The molecule has 138 valence electrons. The van der Waals surface area contributed by atoms with Crippen LogP contribution >= 0.6 is 0 Å². The molecule has 0 spiro atoms. The number of likely N-dealkylation sites (tertiary alicyclic amines) is 1. The third-order valence-corrected chi connectivity index (χ3v) is 5.71. The number of ether oxygens (including phenoxy) is 1. The molecule has 1 amide bonds. The van der Waals surface area contributed by atoms with E-state index in [9.17, 15) is 4.79 Å². The van der Waals surface area contributed by atoms with Crippen LogP contribution in [-0.4, -0.2) is 40.3 Å². The third kappa shape index (κ3) is 3.05. The van der Waals surface area contributed by atoms with Crippen LogP contribution in [0.3, 0.4) is 0 Å². The monoisotopic (exact) mass is 353 g/mol. The molecule has 3 heterocycles. The second-order valence-corrected chi connectivity index (χ2v) is 7.40. The van der Waals surface area contributed by atoms with Crippen molar-refractivity contribution in [2.45, 2.75) is 45.6 Å². The molecule has 0 N–H and O–H groups in total. The van der Waals surface area contributed by atoms with Crippen LogP contribution in [0.1, 0.15) is 48.7 Å². The Bertz CT molecular complexity index is 778. The van der Waals surface area contributed by atoms with Gasteiger partial charge in [-0.25, -0.2) is 4.68 Å².